The molecule has 1 amide bonds. The van der Waals surface area contributed by atoms with Crippen molar-refractivity contribution in [2.75, 3.05) is 16.8 Å². The van der Waals surface area contributed by atoms with E-state index in [1.54, 1.807) is 12.3 Å². The molecule has 0 saturated carbocycles. The van der Waals surface area contributed by atoms with E-state index in [9.17, 15) is 4.79 Å². The lowest BCUT2D eigenvalue weighted by Gasteiger charge is -2.08. The fourth-order valence-electron chi connectivity index (χ4n) is 1.42. The predicted octanol–water partition coefficient (Wildman–Crippen LogP) is 2.76. The van der Waals surface area contributed by atoms with Gasteiger partial charge in [-0.05, 0) is 30.7 Å². The van der Waals surface area contributed by atoms with Crippen LogP contribution in [0.4, 0.5) is 11.4 Å². The number of benzene rings is 1. The second kappa shape index (κ2) is 5.88. The van der Waals surface area contributed by atoms with E-state index in [2.05, 4.69) is 10.3 Å². The lowest BCUT2D eigenvalue weighted by atomic mass is 10.2. The van der Waals surface area contributed by atoms with Crippen molar-refractivity contribution in [3.8, 4) is 0 Å². The van der Waals surface area contributed by atoms with Gasteiger partial charge in [0.15, 0.2) is 0 Å². The van der Waals surface area contributed by atoms with Gasteiger partial charge in [-0.25, -0.2) is 4.98 Å². The van der Waals surface area contributed by atoms with Crippen molar-refractivity contribution in [3.63, 3.8) is 0 Å². The maximum Gasteiger partial charge on any atom is 0.234 e. The summed E-state index contributed by atoms with van der Waals surface area (Å²) in [7, 11) is 0. The SMILES string of the molecule is Cc1cc(N)ccc1NC(=O)CSc1nccs1. The maximum atomic E-state index is 11.8. The summed E-state index contributed by atoms with van der Waals surface area (Å²) in [4.78, 5) is 15.9. The van der Waals surface area contributed by atoms with Crippen LogP contribution in [0.5, 0.6) is 0 Å². The van der Waals surface area contributed by atoms with Gasteiger partial charge in [-0.15, -0.1) is 11.3 Å². The number of nitrogens with zero attached hydrogens (tertiary/aromatic N) is 1. The molecule has 1 heterocycles. The molecule has 4 nitrogen and oxygen atoms in total. The Morgan fingerprint density at radius 3 is 3.06 bits per heavy atom. The Hall–Kier alpha value is -1.53. The third kappa shape index (κ3) is 3.48. The summed E-state index contributed by atoms with van der Waals surface area (Å²) in [5.74, 6) is 0.320. The summed E-state index contributed by atoms with van der Waals surface area (Å²) in [5.41, 5.74) is 8.12. The smallest absolute Gasteiger partial charge is 0.234 e. The van der Waals surface area contributed by atoms with Crippen molar-refractivity contribution >= 4 is 40.4 Å². The molecule has 18 heavy (non-hydrogen) atoms. The second-order valence-corrected chi connectivity index (χ2v) is 5.83. The van der Waals surface area contributed by atoms with Crippen LogP contribution in [0.25, 0.3) is 0 Å². The number of aryl methyl sites for hydroxylation is 1. The van der Waals surface area contributed by atoms with E-state index >= 15 is 0 Å². The average molecular weight is 279 g/mol. The Bertz CT molecular complexity index is 540. The van der Waals surface area contributed by atoms with Crippen molar-refractivity contribution in [2.24, 2.45) is 0 Å². The number of hydrogen-bond acceptors (Lipinski definition) is 5. The number of amides is 1. The number of thiazole rings is 1. The molecule has 6 heteroatoms. The second-order valence-electron chi connectivity index (χ2n) is 3.71. The lowest BCUT2D eigenvalue weighted by molar-refractivity contribution is -0.113. The quantitative estimate of drug-likeness (QED) is 0.667. The summed E-state index contributed by atoms with van der Waals surface area (Å²) in [5, 5.41) is 4.75. The minimum Gasteiger partial charge on any atom is -0.399 e. The van der Waals surface area contributed by atoms with Gasteiger partial charge in [0, 0.05) is 23.0 Å². The number of nitrogens with one attached hydrogen (secondary N) is 1. The molecule has 1 aromatic carbocycles. The highest BCUT2D eigenvalue weighted by molar-refractivity contribution is 8.01. The van der Waals surface area contributed by atoms with Crippen LogP contribution in [0.1, 0.15) is 5.56 Å². The number of anilines is 2. The minimum atomic E-state index is -0.0388. The molecule has 0 aliphatic heterocycles. The number of thioether (sulfide) groups is 1. The summed E-state index contributed by atoms with van der Waals surface area (Å²) in [6.45, 7) is 1.92. The molecular weight excluding hydrogens is 266 g/mol. The Morgan fingerprint density at radius 1 is 1.56 bits per heavy atom. The number of carbonyl (C=O) groups excluding carboxylic acids is 1. The largest absolute Gasteiger partial charge is 0.399 e. The van der Waals surface area contributed by atoms with Crippen LogP contribution in [0, 0.1) is 6.92 Å². The van der Waals surface area contributed by atoms with Crippen LogP contribution in [0.3, 0.4) is 0 Å². The van der Waals surface area contributed by atoms with Gasteiger partial charge in [0.25, 0.3) is 0 Å². The van der Waals surface area contributed by atoms with Crippen LogP contribution in [0.2, 0.25) is 0 Å². The fourth-order valence-corrected chi connectivity index (χ4v) is 2.86. The Labute approximate surface area is 114 Å². The monoisotopic (exact) mass is 279 g/mol. The number of rotatable bonds is 4. The normalized spacial score (nSPS) is 10.3. The first kappa shape index (κ1) is 12.9. The first-order chi connectivity index (χ1) is 8.65. The molecule has 2 aromatic rings. The summed E-state index contributed by atoms with van der Waals surface area (Å²) < 4.78 is 0.902. The molecule has 94 valence electrons. The molecule has 0 unspecified atom stereocenters. The van der Waals surface area contributed by atoms with E-state index < -0.39 is 0 Å². The average Bonchev–Trinajstić information content (AvgIpc) is 2.83. The molecular formula is C12H13N3OS2. The zero-order chi connectivity index (χ0) is 13.0. The molecule has 0 bridgehead atoms. The van der Waals surface area contributed by atoms with Gasteiger partial charge in [-0.3, -0.25) is 4.79 Å². The Balaban J connectivity index is 1.91. The third-order valence-electron chi connectivity index (χ3n) is 2.26. The van der Waals surface area contributed by atoms with Gasteiger partial charge >= 0.3 is 0 Å². The molecule has 0 saturated heterocycles. The Morgan fingerprint density at radius 2 is 2.39 bits per heavy atom. The van der Waals surface area contributed by atoms with Crippen LogP contribution in [-0.4, -0.2) is 16.6 Å². The van der Waals surface area contributed by atoms with Crippen LogP contribution < -0.4 is 11.1 Å². The molecule has 0 spiro atoms. The summed E-state index contributed by atoms with van der Waals surface area (Å²) in [6.07, 6.45) is 1.73. The first-order valence-corrected chi connectivity index (χ1v) is 7.20. The van der Waals surface area contributed by atoms with E-state index in [-0.39, 0.29) is 5.91 Å². The topological polar surface area (TPSA) is 68.0 Å². The van der Waals surface area contributed by atoms with Gasteiger partial charge in [-0.2, -0.15) is 0 Å². The van der Waals surface area contributed by atoms with Crippen LogP contribution >= 0.6 is 23.1 Å². The van der Waals surface area contributed by atoms with E-state index in [1.807, 2.05) is 24.4 Å². The first-order valence-electron chi connectivity index (χ1n) is 5.33. The standard InChI is InChI=1S/C12H13N3OS2/c1-8-6-9(13)2-3-10(8)15-11(16)7-18-12-14-4-5-17-12/h2-6H,7,13H2,1H3,(H,15,16). The lowest BCUT2D eigenvalue weighted by Crippen LogP contribution is -2.14. The number of aromatic nitrogens is 1. The third-order valence-corrected chi connectivity index (χ3v) is 4.23. The van der Waals surface area contributed by atoms with E-state index in [1.165, 1.54) is 23.1 Å². The Kier molecular flexibility index (Phi) is 4.22. The molecule has 2 rings (SSSR count). The molecule has 0 fully saturated rings. The zero-order valence-electron chi connectivity index (χ0n) is 9.84. The molecule has 0 radical (unpaired) electrons. The van der Waals surface area contributed by atoms with Crippen molar-refractivity contribution in [1.29, 1.82) is 0 Å². The number of nitrogen functional groups attached to an aromatic ring is 1. The van der Waals surface area contributed by atoms with E-state index in [0.29, 0.717) is 11.4 Å². The van der Waals surface area contributed by atoms with Crippen LogP contribution in [-0.2, 0) is 4.79 Å². The number of hydrogen-bond donors (Lipinski definition) is 2. The van der Waals surface area contributed by atoms with Crippen molar-refractivity contribution in [1.82, 2.24) is 4.98 Å². The molecule has 0 aliphatic rings. The summed E-state index contributed by atoms with van der Waals surface area (Å²) in [6, 6.07) is 5.43. The van der Waals surface area contributed by atoms with E-state index in [0.717, 1.165) is 15.6 Å². The van der Waals surface area contributed by atoms with Gasteiger partial charge in [-0.1, -0.05) is 11.8 Å². The predicted molar refractivity (Wildman–Crippen MR) is 77.1 cm³/mol. The summed E-state index contributed by atoms with van der Waals surface area (Å²) >= 11 is 2.97. The number of nitrogens with two attached hydrogens (primary N) is 1. The van der Waals surface area contributed by atoms with Crippen molar-refractivity contribution in [2.45, 2.75) is 11.3 Å². The van der Waals surface area contributed by atoms with Gasteiger partial charge in [0.05, 0.1) is 5.75 Å². The van der Waals surface area contributed by atoms with Crippen LogP contribution in [0.15, 0.2) is 34.1 Å². The number of carbonyl (C=O) groups is 1. The molecule has 0 atom stereocenters. The molecule has 1 aromatic heterocycles. The highest BCUT2D eigenvalue weighted by Crippen LogP contribution is 2.21. The van der Waals surface area contributed by atoms with Gasteiger partial charge < -0.3 is 11.1 Å². The van der Waals surface area contributed by atoms with Crippen molar-refractivity contribution < 1.29 is 4.79 Å². The van der Waals surface area contributed by atoms with Crippen molar-refractivity contribution in [3.05, 3.63) is 35.3 Å². The molecule has 3 N–H and O–H groups in total. The van der Waals surface area contributed by atoms with Gasteiger partial charge in [0.2, 0.25) is 5.91 Å². The highest BCUT2D eigenvalue weighted by Gasteiger charge is 2.06. The zero-order valence-corrected chi connectivity index (χ0v) is 11.5. The maximum absolute atomic E-state index is 11.8. The molecule has 0 aliphatic carbocycles. The highest BCUT2D eigenvalue weighted by atomic mass is 32.2. The minimum absolute atomic E-state index is 0.0388. The van der Waals surface area contributed by atoms with Gasteiger partial charge in [0.1, 0.15) is 4.34 Å². The van der Waals surface area contributed by atoms with E-state index in [4.69, 9.17) is 5.73 Å². The fraction of sp³-hybridized carbons (Fsp3) is 0.167.